The van der Waals surface area contributed by atoms with Gasteiger partial charge in [-0.25, -0.2) is 8.78 Å². The van der Waals surface area contributed by atoms with Gasteiger partial charge in [0.15, 0.2) is 0 Å². The van der Waals surface area contributed by atoms with Gasteiger partial charge in [0.2, 0.25) is 0 Å². The maximum atomic E-state index is 15.0. The van der Waals surface area contributed by atoms with E-state index in [1.165, 1.54) is 24.3 Å². The normalized spacial score (nSPS) is 13.9. The van der Waals surface area contributed by atoms with E-state index in [1.54, 1.807) is 37.6 Å². The summed E-state index contributed by atoms with van der Waals surface area (Å²) in [5.74, 6) is -1.25. The van der Waals surface area contributed by atoms with E-state index in [1.807, 2.05) is 18.2 Å². The number of nitrogens with one attached hydrogen (secondary N) is 1. The van der Waals surface area contributed by atoms with Gasteiger partial charge in [0.1, 0.15) is 11.6 Å². The highest BCUT2D eigenvalue weighted by molar-refractivity contribution is 6.19. The molecule has 0 saturated heterocycles. The minimum Gasteiger partial charge on any atom is -0.385 e. The topological polar surface area (TPSA) is 63.6 Å². The number of aromatic nitrogens is 1. The van der Waals surface area contributed by atoms with Gasteiger partial charge >= 0.3 is 0 Å². The predicted octanol–water partition coefficient (Wildman–Crippen LogP) is 4.62. The lowest BCUT2D eigenvalue weighted by Gasteiger charge is -2.19. The summed E-state index contributed by atoms with van der Waals surface area (Å²) in [5.41, 5.74) is 3.23. The van der Waals surface area contributed by atoms with E-state index in [4.69, 9.17) is 4.74 Å². The van der Waals surface area contributed by atoms with E-state index in [9.17, 15) is 13.6 Å². The van der Waals surface area contributed by atoms with Crippen molar-refractivity contribution in [2.45, 2.75) is 18.9 Å². The molecule has 4 rings (SSSR count). The van der Waals surface area contributed by atoms with Crippen LogP contribution in [0.25, 0.3) is 5.57 Å². The molecule has 7 heteroatoms. The Labute approximate surface area is 197 Å². The van der Waals surface area contributed by atoms with Crippen LogP contribution in [-0.2, 0) is 11.2 Å². The molecule has 34 heavy (non-hydrogen) atoms. The van der Waals surface area contributed by atoms with E-state index in [0.29, 0.717) is 31.7 Å². The first-order chi connectivity index (χ1) is 16.5. The zero-order chi connectivity index (χ0) is 23.9. The number of halogens is 2. The van der Waals surface area contributed by atoms with Crippen molar-refractivity contribution in [2.24, 2.45) is 4.99 Å². The third-order valence-electron chi connectivity index (χ3n) is 5.65. The summed E-state index contributed by atoms with van der Waals surface area (Å²) in [5, 5.41) is 3.01. The monoisotopic (exact) mass is 461 g/mol. The Kier molecular flexibility index (Phi) is 7.54. The van der Waals surface area contributed by atoms with Crippen molar-refractivity contribution < 1.29 is 18.3 Å². The minimum absolute atomic E-state index is 0.153. The second-order valence-corrected chi connectivity index (χ2v) is 8.02. The van der Waals surface area contributed by atoms with Crippen LogP contribution < -0.4 is 5.32 Å². The quantitative estimate of drug-likeness (QED) is 0.506. The Bertz CT molecular complexity index is 1210. The first-order valence-electron chi connectivity index (χ1n) is 11.0. The number of pyridine rings is 1. The van der Waals surface area contributed by atoms with Crippen LogP contribution in [0.2, 0.25) is 0 Å². The molecule has 0 aliphatic carbocycles. The van der Waals surface area contributed by atoms with Gasteiger partial charge in [-0.2, -0.15) is 0 Å². The summed E-state index contributed by atoms with van der Waals surface area (Å²) < 4.78 is 33.4. The Morgan fingerprint density at radius 2 is 1.91 bits per heavy atom. The second-order valence-electron chi connectivity index (χ2n) is 8.02. The van der Waals surface area contributed by atoms with Gasteiger partial charge in [-0.15, -0.1) is 0 Å². The number of hydrogen-bond acceptors (Lipinski definition) is 4. The van der Waals surface area contributed by atoms with Crippen molar-refractivity contribution in [3.63, 3.8) is 0 Å². The summed E-state index contributed by atoms with van der Waals surface area (Å²) in [7, 11) is 1.60. The Hall–Kier alpha value is -3.71. The molecule has 1 N–H and O–H groups in total. The molecule has 2 heterocycles. The van der Waals surface area contributed by atoms with Crippen LogP contribution in [-0.4, -0.2) is 42.9 Å². The maximum absolute atomic E-state index is 15.0. The third-order valence-corrected chi connectivity index (χ3v) is 5.65. The van der Waals surface area contributed by atoms with Crippen LogP contribution in [0.15, 0.2) is 77.9 Å². The second kappa shape index (κ2) is 10.9. The molecular formula is C27H25F2N3O2. The van der Waals surface area contributed by atoms with Crippen molar-refractivity contribution in [3.8, 4) is 0 Å². The van der Waals surface area contributed by atoms with E-state index >= 15 is 0 Å². The SMILES string of the molecule is COCC[C@@H](Cc1ccccn1)NC(=O)c1cccc(F)c1C1=NCC(c2ccc(F)cc2)=C1. The first kappa shape index (κ1) is 23.4. The number of nitrogens with zero attached hydrogens (tertiary/aromatic N) is 2. The Morgan fingerprint density at radius 1 is 1.09 bits per heavy atom. The fraction of sp³-hybridized carbons (Fsp3) is 0.222. The third kappa shape index (κ3) is 5.61. The van der Waals surface area contributed by atoms with Gasteiger partial charge in [-0.3, -0.25) is 14.8 Å². The predicted molar refractivity (Wildman–Crippen MR) is 128 cm³/mol. The highest BCUT2D eigenvalue weighted by Crippen LogP contribution is 2.25. The fourth-order valence-corrected chi connectivity index (χ4v) is 3.91. The molecule has 1 aliphatic heterocycles. The van der Waals surface area contributed by atoms with Crippen molar-refractivity contribution in [1.29, 1.82) is 0 Å². The largest absolute Gasteiger partial charge is 0.385 e. The zero-order valence-electron chi connectivity index (χ0n) is 18.8. The summed E-state index contributed by atoms with van der Waals surface area (Å²) >= 11 is 0. The number of hydrogen-bond donors (Lipinski definition) is 1. The van der Waals surface area contributed by atoms with Gasteiger partial charge < -0.3 is 10.1 Å². The van der Waals surface area contributed by atoms with E-state index in [-0.39, 0.29) is 23.0 Å². The number of methoxy groups -OCH3 is 1. The lowest BCUT2D eigenvalue weighted by atomic mass is 9.98. The molecule has 5 nitrogen and oxygen atoms in total. The summed E-state index contributed by atoms with van der Waals surface area (Å²) in [6.07, 6.45) is 4.56. The van der Waals surface area contributed by atoms with Crippen molar-refractivity contribution in [2.75, 3.05) is 20.3 Å². The van der Waals surface area contributed by atoms with E-state index in [0.717, 1.165) is 16.8 Å². The number of ether oxygens (including phenoxy) is 1. The zero-order valence-corrected chi connectivity index (χ0v) is 18.8. The van der Waals surface area contributed by atoms with Crippen LogP contribution in [0.1, 0.15) is 33.6 Å². The number of carbonyl (C=O) groups excluding carboxylic acids is 1. The summed E-state index contributed by atoms with van der Waals surface area (Å²) in [6.45, 7) is 0.788. The lowest BCUT2D eigenvalue weighted by molar-refractivity contribution is 0.0924. The fourth-order valence-electron chi connectivity index (χ4n) is 3.91. The molecule has 0 unspecified atom stereocenters. The van der Waals surface area contributed by atoms with Crippen molar-refractivity contribution in [1.82, 2.24) is 10.3 Å². The molecule has 174 valence electrons. The molecule has 2 aromatic carbocycles. The lowest BCUT2D eigenvalue weighted by Crippen LogP contribution is -2.38. The van der Waals surface area contributed by atoms with E-state index < -0.39 is 11.7 Å². The number of amides is 1. The molecule has 0 saturated carbocycles. The highest BCUT2D eigenvalue weighted by Gasteiger charge is 2.23. The van der Waals surface area contributed by atoms with Crippen LogP contribution in [0.3, 0.4) is 0 Å². The smallest absolute Gasteiger partial charge is 0.252 e. The average Bonchev–Trinajstić information content (AvgIpc) is 3.33. The Morgan fingerprint density at radius 3 is 2.65 bits per heavy atom. The first-order valence-corrected chi connectivity index (χ1v) is 11.0. The van der Waals surface area contributed by atoms with Crippen LogP contribution >= 0.6 is 0 Å². The summed E-state index contributed by atoms with van der Waals surface area (Å²) in [4.78, 5) is 22.1. The standard InChI is InChI=1S/C27H25F2N3O2/c1-34-14-12-22(16-21-5-2-3-13-30-21)32-27(33)23-6-4-7-24(29)26(23)25-15-19(17-31-25)18-8-10-20(28)11-9-18/h2-11,13,15,22H,12,14,16-17H2,1H3,(H,32,33)/t22-/m0/s1. The van der Waals surface area contributed by atoms with Gasteiger partial charge in [-0.05, 0) is 60.0 Å². The summed E-state index contributed by atoms with van der Waals surface area (Å²) in [6, 6.07) is 15.9. The molecule has 3 aromatic rings. The van der Waals surface area contributed by atoms with Gasteiger partial charge in [0, 0.05) is 43.6 Å². The molecule has 0 radical (unpaired) electrons. The maximum Gasteiger partial charge on any atom is 0.252 e. The number of carbonyl (C=O) groups is 1. The molecule has 0 bridgehead atoms. The van der Waals surface area contributed by atoms with E-state index in [2.05, 4.69) is 15.3 Å². The number of rotatable bonds is 9. The molecule has 1 atom stereocenters. The van der Waals surface area contributed by atoms with Gasteiger partial charge in [-0.1, -0.05) is 24.3 Å². The van der Waals surface area contributed by atoms with Gasteiger partial charge in [0.25, 0.3) is 5.91 Å². The van der Waals surface area contributed by atoms with Gasteiger partial charge in [0.05, 0.1) is 17.8 Å². The number of aliphatic imine (C=N–C) groups is 1. The van der Waals surface area contributed by atoms with Crippen LogP contribution in [0.5, 0.6) is 0 Å². The Balaban J connectivity index is 1.58. The molecule has 0 spiro atoms. The highest BCUT2D eigenvalue weighted by atomic mass is 19.1. The number of benzene rings is 2. The van der Waals surface area contributed by atoms with Crippen LogP contribution in [0, 0.1) is 11.6 Å². The minimum atomic E-state index is -0.527. The molecule has 1 aliphatic rings. The molecule has 1 amide bonds. The average molecular weight is 462 g/mol. The van der Waals surface area contributed by atoms with Crippen LogP contribution in [0.4, 0.5) is 8.78 Å². The molecule has 1 aromatic heterocycles. The molecular weight excluding hydrogens is 436 g/mol. The number of allylic oxidation sites excluding steroid dienone is 1. The molecule has 0 fully saturated rings. The van der Waals surface area contributed by atoms with Crippen molar-refractivity contribution in [3.05, 3.63) is 107 Å². The van der Waals surface area contributed by atoms with Crippen molar-refractivity contribution >= 4 is 17.2 Å².